The number of rotatable bonds is 6. The summed E-state index contributed by atoms with van der Waals surface area (Å²) in [5.74, 6) is 0. The largest absolute Gasteiger partial charge is 0.381 e. The predicted molar refractivity (Wildman–Crippen MR) is 63.9 cm³/mol. The molecule has 0 aliphatic heterocycles. The van der Waals surface area contributed by atoms with E-state index in [0.29, 0.717) is 12.1 Å². The number of nitrogens with two attached hydrogens (primary N) is 1. The molecule has 1 saturated carbocycles. The summed E-state index contributed by atoms with van der Waals surface area (Å²) in [6.45, 7) is 5.25. The van der Waals surface area contributed by atoms with E-state index in [4.69, 9.17) is 10.5 Å². The SMILES string of the molecule is CCC(CC)N(C)C1(CN)CC(OC)C1. The molecule has 0 atom stereocenters. The molecule has 0 aromatic rings. The lowest BCUT2D eigenvalue weighted by Crippen LogP contribution is -2.64. The molecule has 0 radical (unpaired) electrons. The molecule has 2 N–H and O–H groups in total. The quantitative estimate of drug-likeness (QED) is 0.730. The summed E-state index contributed by atoms with van der Waals surface area (Å²) in [4.78, 5) is 2.49. The highest BCUT2D eigenvalue weighted by atomic mass is 16.5. The van der Waals surface area contributed by atoms with Crippen LogP contribution in [-0.4, -0.2) is 43.3 Å². The topological polar surface area (TPSA) is 38.5 Å². The van der Waals surface area contributed by atoms with Crippen molar-refractivity contribution < 1.29 is 4.74 Å². The van der Waals surface area contributed by atoms with E-state index >= 15 is 0 Å². The van der Waals surface area contributed by atoms with Crippen molar-refractivity contribution in [2.45, 2.75) is 57.2 Å². The van der Waals surface area contributed by atoms with Crippen LogP contribution in [0.5, 0.6) is 0 Å². The minimum atomic E-state index is 0.206. The van der Waals surface area contributed by atoms with Gasteiger partial charge in [-0.15, -0.1) is 0 Å². The van der Waals surface area contributed by atoms with Crippen LogP contribution < -0.4 is 5.73 Å². The van der Waals surface area contributed by atoms with E-state index in [1.807, 2.05) is 0 Å². The van der Waals surface area contributed by atoms with Crippen LogP contribution in [0.4, 0.5) is 0 Å². The first-order valence-electron chi connectivity index (χ1n) is 6.09. The third kappa shape index (κ3) is 2.35. The average molecular weight is 214 g/mol. The summed E-state index contributed by atoms with van der Waals surface area (Å²) in [6, 6.07) is 0.659. The molecule has 1 aliphatic carbocycles. The molecular formula is C12H26N2O. The number of likely N-dealkylation sites (N-methyl/N-ethyl adjacent to an activating group) is 1. The second kappa shape index (κ2) is 5.28. The van der Waals surface area contributed by atoms with Gasteiger partial charge in [0.15, 0.2) is 0 Å². The van der Waals surface area contributed by atoms with Gasteiger partial charge in [0.25, 0.3) is 0 Å². The minimum absolute atomic E-state index is 0.206. The zero-order valence-corrected chi connectivity index (χ0v) is 10.6. The van der Waals surface area contributed by atoms with Crippen molar-refractivity contribution in [1.29, 1.82) is 0 Å². The first-order valence-corrected chi connectivity index (χ1v) is 6.09. The molecule has 0 aromatic carbocycles. The van der Waals surface area contributed by atoms with Gasteiger partial charge in [-0.2, -0.15) is 0 Å². The van der Waals surface area contributed by atoms with Crippen LogP contribution in [0.1, 0.15) is 39.5 Å². The van der Waals surface area contributed by atoms with Gasteiger partial charge in [0.05, 0.1) is 6.10 Å². The maximum atomic E-state index is 5.94. The Balaban J connectivity index is 2.59. The predicted octanol–water partition coefficient (Wildman–Crippen LogP) is 1.61. The van der Waals surface area contributed by atoms with Crippen molar-refractivity contribution in [1.82, 2.24) is 4.90 Å². The van der Waals surface area contributed by atoms with Gasteiger partial charge < -0.3 is 10.5 Å². The van der Waals surface area contributed by atoms with E-state index in [0.717, 1.165) is 19.4 Å². The summed E-state index contributed by atoms with van der Waals surface area (Å²) in [6.07, 6.45) is 5.00. The monoisotopic (exact) mass is 214 g/mol. The van der Waals surface area contributed by atoms with Gasteiger partial charge in [0.1, 0.15) is 0 Å². The maximum Gasteiger partial charge on any atom is 0.0607 e. The Kier molecular flexibility index (Phi) is 4.56. The van der Waals surface area contributed by atoms with Crippen LogP contribution in [0.15, 0.2) is 0 Å². The molecule has 3 heteroatoms. The van der Waals surface area contributed by atoms with E-state index in [1.165, 1.54) is 12.8 Å². The van der Waals surface area contributed by atoms with Gasteiger partial charge in [-0.05, 0) is 32.7 Å². The second-order valence-electron chi connectivity index (χ2n) is 4.78. The molecule has 0 saturated heterocycles. The molecule has 0 unspecified atom stereocenters. The molecule has 90 valence electrons. The molecule has 0 aromatic heterocycles. The highest BCUT2D eigenvalue weighted by molar-refractivity contribution is 5.04. The van der Waals surface area contributed by atoms with E-state index < -0.39 is 0 Å². The van der Waals surface area contributed by atoms with Gasteiger partial charge in [0, 0.05) is 25.2 Å². The summed E-state index contributed by atoms with van der Waals surface area (Å²) >= 11 is 0. The van der Waals surface area contributed by atoms with Crippen LogP contribution in [0.2, 0.25) is 0 Å². The second-order valence-corrected chi connectivity index (χ2v) is 4.78. The van der Waals surface area contributed by atoms with Crippen LogP contribution in [0.25, 0.3) is 0 Å². The number of hydrogen-bond acceptors (Lipinski definition) is 3. The molecule has 15 heavy (non-hydrogen) atoms. The van der Waals surface area contributed by atoms with E-state index in [-0.39, 0.29) is 5.54 Å². The first kappa shape index (κ1) is 12.9. The molecule has 1 fully saturated rings. The fourth-order valence-electron chi connectivity index (χ4n) is 2.78. The fraction of sp³-hybridized carbons (Fsp3) is 1.00. The van der Waals surface area contributed by atoms with Crippen LogP contribution in [-0.2, 0) is 4.74 Å². The van der Waals surface area contributed by atoms with Crippen molar-refractivity contribution in [3.05, 3.63) is 0 Å². The summed E-state index contributed by atoms with van der Waals surface area (Å²) in [5.41, 5.74) is 6.14. The van der Waals surface area contributed by atoms with Crippen molar-refractivity contribution in [2.75, 3.05) is 20.7 Å². The van der Waals surface area contributed by atoms with Crippen molar-refractivity contribution in [2.24, 2.45) is 5.73 Å². The van der Waals surface area contributed by atoms with E-state index in [9.17, 15) is 0 Å². The lowest BCUT2D eigenvalue weighted by Gasteiger charge is -2.54. The molecule has 1 aliphatic rings. The number of nitrogens with zero attached hydrogens (tertiary/aromatic N) is 1. The Labute approximate surface area is 94.0 Å². The van der Waals surface area contributed by atoms with Crippen LogP contribution in [0, 0.1) is 0 Å². The Morgan fingerprint density at radius 2 is 1.93 bits per heavy atom. The van der Waals surface area contributed by atoms with E-state index in [1.54, 1.807) is 7.11 Å². The number of methoxy groups -OCH3 is 1. The zero-order valence-electron chi connectivity index (χ0n) is 10.6. The molecular weight excluding hydrogens is 188 g/mol. The Morgan fingerprint density at radius 3 is 2.27 bits per heavy atom. The highest BCUT2D eigenvalue weighted by Crippen LogP contribution is 2.39. The van der Waals surface area contributed by atoms with Gasteiger partial charge in [-0.3, -0.25) is 4.90 Å². The highest BCUT2D eigenvalue weighted by Gasteiger charge is 2.47. The Morgan fingerprint density at radius 1 is 1.40 bits per heavy atom. The van der Waals surface area contributed by atoms with E-state index in [2.05, 4.69) is 25.8 Å². The zero-order chi connectivity index (χ0) is 11.5. The van der Waals surface area contributed by atoms with Crippen molar-refractivity contribution in [3.8, 4) is 0 Å². The lowest BCUT2D eigenvalue weighted by molar-refractivity contribution is -0.0927. The fourth-order valence-corrected chi connectivity index (χ4v) is 2.78. The Hall–Kier alpha value is -0.120. The molecule has 0 heterocycles. The Bertz CT molecular complexity index is 186. The molecule has 1 rings (SSSR count). The standard InChI is InChI=1S/C12H26N2O/c1-5-10(6-2)14(3)12(9-13)7-11(8-12)15-4/h10-11H,5-9,13H2,1-4H3. The minimum Gasteiger partial charge on any atom is -0.381 e. The van der Waals surface area contributed by atoms with Gasteiger partial charge in [-0.1, -0.05) is 13.8 Å². The van der Waals surface area contributed by atoms with Crippen molar-refractivity contribution >= 4 is 0 Å². The molecule has 3 nitrogen and oxygen atoms in total. The number of hydrogen-bond donors (Lipinski definition) is 1. The summed E-state index contributed by atoms with van der Waals surface area (Å²) in [7, 11) is 4.01. The van der Waals surface area contributed by atoms with Crippen LogP contribution >= 0.6 is 0 Å². The van der Waals surface area contributed by atoms with Crippen molar-refractivity contribution in [3.63, 3.8) is 0 Å². The third-order valence-corrected chi connectivity index (χ3v) is 4.17. The summed E-state index contributed by atoms with van der Waals surface area (Å²) < 4.78 is 5.36. The van der Waals surface area contributed by atoms with Crippen LogP contribution in [0.3, 0.4) is 0 Å². The first-order chi connectivity index (χ1) is 7.13. The van der Waals surface area contributed by atoms with Gasteiger partial charge >= 0.3 is 0 Å². The normalized spacial score (nSPS) is 31.0. The molecule has 0 bridgehead atoms. The van der Waals surface area contributed by atoms with Gasteiger partial charge in [0.2, 0.25) is 0 Å². The molecule has 0 spiro atoms. The maximum absolute atomic E-state index is 5.94. The lowest BCUT2D eigenvalue weighted by atomic mass is 9.72. The third-order valence-electron chi connectivity index (χ3n) is 4.17. The average Bonchev–Trinajstić information content (AvgIpc) is 2.19. The number of ether oxygens (including phenoxy) is 1. The smallest absolute Gasteiger partial charge is 0.0607 e. The van der Waals surface area contributed by atoms with Gasteiger partial charge in [-0.25, -0.2) is 0 Å². The summed E-state index contributed by atoms with van der Waals surface area (Å²) in [5, 5.41) is 0. The molecule has 0 amide bonds.